The summed E-state index contributed by atoms with van der Waals surface area (Å²) < 4.78 is 1.67. The highest BCUT2D eigenvalue weighted by molar-refractivity contribution is 6.30. The Hall–Kier alpha value is -3.18. The zero-order valence-corrected chi connectivity index (χ0v) is 16.6. The predicted molar refractivity (Wildman–Crippen MR) is 112 cm³/mol. The molecule has 4 rings (SSSR count). The summed E-state index contributed by atoms with van der Waals surface area (Å²) in [6.45, 7) is 5.72. The minimum absolute atomic E-state index is 0.206. The highest BCUT2D eigenvalue weighted by Gasteiger charge is 2.18. The van der Waals surface area contributed by atoms with Crippen LogP contribution in [0.15, 0.2) is 54.7 Å². The number of aryl methyl sites for hydroxylation is 3. The van der Waals surface area contributed by atoms with Crippen LogP contribution in [0.25, 0.3) is 16.8 Å². The molecule has 0 fully saturated rings. The average Bonchev–Trinajstić information content (AvgIpc) is 2.98. The van der Waals surface area contributed by atoms with E-state index in [0.717, 1.165) is 28.1 Å². The number of carbonyl (C=O) groups excluding carboxylic acids is 1. The second-order valence-corrected chi connectivity index (χ2v) is 7.18. The van der Waals surface area contributed by atoms with E-state index in [1.165, 1.54) is 0 Å². The molecule has 0 atom stereocenters. The quantitative estimate of drug-likeness (QED) is 0.521. The Bertz CT molecular complexity index is 1200. The van der Waals surface area contributed by atoms with Gasteiger partial charge in [0.1, 0.15) is 0 Å². The molecule has 6 heteroatoms. The normalized spacial score (nSPS) is 11.0. The number of nitrogens with zero attached hydrogens (tertiary/aromatic N) is 3. The number of halogens is 1. The van der Waals surface area contributed by atoms with E-state index in [4.69, 9.17) is 11.6 Å². The largest absolute Gasteiger partial charge is 0.322 e. The zero-order valence-electron chi connectivity index (χ0n) is 15.8. The molecule has 1 N–H and O–H groups in total. The third-order valence-corrected chi connectivity index (χ3v) is 5.00. The monoisotopic (exact) mass is 390 g/mol. The summed E-state index contributed by atoms with van der Waals surface area (Å²) in [6.07, 6.45) is 1.73. The van der Waals surface area contributed by atoms with Gasteiger partial charge in [0.05, 0.1) is 17.0 Å². The van der Waals surface area contributed by atoms with Gasteiger partial charge in [-0.15, -0.1) is 0 Å². The van der Waals surface area contributed by atoms with E-state index < -0.39 is 0 Å². The van der Waals surface area contributed by atoms with Crippen molar-refractivity contribution in [1.29, 1.82) is 0 Å². The van der Waals surface area contributed by atoms with Crippen LogP contribution >= 0.6 is 11.6 Å². The fourth-order valence-electron chi connectivity index (χ4n) is 3.25. The predicted octanol–water partition coefficient (Wildman–Crippen LogP) is 5.23. The van der Waals surface area contributed by atoms with Gasteiger partial charge in [0.2, 0.25) is 0 Å². The Kier molecular flexibility index (Phi) is 4.61. The summed E-state index contributed by atoms with van der Waals surface area (Å²) in [5.41, 5.74) is 6.39. The minimum atomic E-state index is -0.206. The number of para-hydroxylation sites is 1. The number of anilines is 1. The standard InChI is InChI=1S/C22H19ClN4O/c1-13-6-4-5-7-19(13)25-22(28)18-12-27-21(24-14(18)2)20(15(3)26-27)16-8-10-17(23)11-9-16/h4-12H,1-3H3,(H,25,28). The topological polar surface area (TPSA) is 59.3 Å². The van der Waals surface area contributed by atoms with E-state index in [0.29, 0.717) is 21.9 Å². The van der Waals surface area contributed by atoms with E-state index in [1.54, 1.807) is 10.7 Å². The molecule has 2 heterocycles. The van der Waals surface area contributed by atoms with Gasteiger partial charge in [0.15, 0.2) is 5.65 Å². The molecule has 0 saturated carbocycles. The van der Waals surface area contributed by atoms with Gasteiger partial charge in [-0.1, -0.05) is 41.9 Å². The van der Waals surface area contributed by atoms with Crippen LogP contribution in [-0.2, 0) is 0 Å². The number of fused-ring (bicyclic) bond motifs is 1. The van der Waals surface area contributed by atoms with Gasteiger partial charge in [-0.25, -0.2) is 9.50 Å². The van der Waals surface area contributed by atoms with E-state index in [1.807, 2.05) is 69.3 Å². The molecular weight excluding hydrogens is 372 g/mol. The van der Waals surface area contributed by atoms with Crippen molar-refractivity contribution >= 4 is 28.8 Å². The number of amides is 1. The van der Waals surface area contributed by atoms with Crippen LogP contribution in [0, 0.1) is 20.8 Å². The second-order valence-electron chi connectivity index (χ2n) is 6.74. The molecule has 5 nitrogen and oxygen atoms in total. The molecule has 0 unspecified atom stereocenters. The highest BCUT2D eigenvalue weighted by Crippen LogP contribution is 2.29. The van der Waals surface area contributed by atoms with Crippen LogP contribution in [0.3, 0.4) is 0 Å². The maximum absolute atomic E-state index is 12.8. The first-order valence-corrected chi connectivity index (χ1v) is 9.31. The molecule has 4 aromatic rings. The number of hydrogen-bond acceptors (Lipinski definition) is 3. The first kappa shape index (κ1) is 18.2. The van der Waals surface area contributed by atoms with Crippen LogP contribution in [0.5, 0.6) is 0 Å². The fraction of sp³-hybridized carbons (Fsp3) is 0.136. The molecule has 140 valence electrons. The molecule has 28 heavy (non-hydrogen) atoms. The van der Waals surface area contributed by atoms with Crippen LogP contribution in [-0.4, -0.2) is 20.5 Å². The number of carbonyl (C=O) groups is 1. The summed E-state index contributed by atoms with van der Waals surface area (Å²) in [5, 5.41) is 8.20. The zero-order chi connectivity index (χ0) is 19.8. The van der Waals surface area contributed by atoms with Crippen molar-refractivity contribution in [3.63, 3.8) is 0 Å². The Labute approximate surface area is 168 Å². The molecule has 1 amide bonds. The van der Waals surface area contributed by atoms with Gasteiger partial charge in [-0.3, -0.25) is 4.79 Å². The lowest BCUT2D eigenvalue weighted by Crippen LogP contribution is -2.16. The highest BCUT2D eigenvalue weighted by atomic mass is 35.5. The van der Waals surface area contributed by atoms with E-state index in [2.05, 4.69) is 15.4 Å². The van der Waals surface area contributed by atoms with Gasteiger partial charge < -0.3 is 5.32 Å². The third-order valence-electron chi connectivity index (χ3n) is 4.75. The molecule has 0 aliphatic rings. The Balaban J connectivity index is 1.76. The van der Waals surface area contributed by atoms with Crippen molar-refractivity contribution in [2.24, 2.45) is 0 Å². The number of hydrogen-bond donors (Lipinski definition) is 1. The van der Waals surface area contributed by atoms with Crippen molar-refractivity contribution in [2.45, 2.75) is 20.8 Å². The Morgan fingerprint density at radius 3 is 2.43 bits per heavy atom. The summed E-state index contributed by atoms with van der Waals surface area (Å²) in [7, 11) is 0. The van der Waals surface area contributed by atoms with E-state index in [-0.39, 0.29) is 5.91 Å². The van der Waals surface area contributed by atoms with Crippen molar-refractivity contribution in [3.05, 3.63) is 82.3 Å². The molecule has 0 radical (unpaired) electrons. The molecule has 0 aliphatic heterocycles. The summed E-state index contributed by atoms with van der Waals surface area (Å²) in [6, 6.07) is 15.3. The number of nitrogens with one attached hydrogen (secondary N) is 1. The van der Waals surface area contributed by atoms with Crippen molar-refractivity contribution in [2.75, 3.05) is 5.32 Å². The molecule has 0 saturated heterocycles. The summed E-state index contributed by atoms with van der Waals surface area (Å²) in [4.78, 5) is 17.5. The van der Waals surface area contributed by atoms with Gasteiger partial charge in [-0.05, 0) is 50.1 Å². The second kappa shape index (κ2) is 7.09. The van der Waals surface area contributed by atoms with Crippen LogP contribution in [0.4, 0.5) is 5.69 Å². The molecule has 0 bridgehead atoms. The Morgan fingerprint density at radius 1 is 1.00 bits per heavy atom. The number of aromatic nitrogens is 3. The maximum atomic E-state index is 12.8. The van der Waals surface area contributed by atoms with Crippen LogP contribution in [0.1, 0.15) is 27.3 Å². The SMILES string of the molecule is Cc1ccccc1NC(=O)c1cn2nc(C)c(-c3ccc(Cl)cc3)c2nc1C. The van der Waals surface area contributed by atoms with Crippen molar-refractivity contribution in [1.82, 2.24) is 14.6 Å². The minimum Gasteiger partial charge on any atom is -0.322 e. The summed E-state index contributed by atoms with van der Waals surface area (Å²) >= 11 is 6.01. The van der Waals surface area contributed by atoms with Gasteiger partial charge >= 0.3 is 0 Å². The van der Waals surface area contributed by atoms with Crippen molar-refractivity contribution in [3.8, 4) is 11.1 Å². The van der Waals surface area contributed by atoms with E-state index in [9.17, 15) is 4.79 Å². The molecule has 0 aliphatic carbocycles. The van der Waals surface area contributed by atoms with Gasteiger partial charge in [0, 0.05) is 22.5 Å². The Morgan fingerprint density at radius 2 is 1.71 bits per heavy atom. The summed E-state index contributed by atoms with van der Waals surface area (Å²) in [5.74, 6) is -0.206. The fourth-order valence-corrected chi connectivity index (χ4v) is 3.37. The lowest BCUT2D eigenvalue weighted by molar-refractivity contribution is 0.102. The molecule has 0 spiro atoms. The lowest BCUT2D eigenvalue weighted by atomic mass is 10.1. The van der Waals surface area contributed by atoms with Gasteiger partial charge in [-0.2, -0.15) is 5.10 Å². The van der Waals surface area contributed by atoms with E-state index >= 15 is 0 Å². The van der Waals surface area contributed by atoms with Crippen molar-refractivity contribution < 1.29 is 4.79 Å². The van der Waals surface area contributed by atoms with Gasteiger partial charge in [0.25, 0.3) is 5.91 Å². The molecule has 2 aromatic heterocycles. The molecular formula is C22H19ClN4O. The van der Waals surface area contributed by atoms with Crippen LogP contribution in [0.2, 0.25) is 5.02 Å². The van der Waals surface area contributed by atoms with Crippen LogP contribution < -0.4 is 5.32 Å². The first-order chi connectivity index (χ1) is 13.4. The third kappa shape index (κ3) is 3.25. The smallest absolute Gasteiger partial charge is 0.259 e. The number of rotatable bonds is 3. The maximum Gasteiger partial charge on any atom is 0.259 e. The first-order valence-electron chi connectivity index (χ1n) is 8.93. The number of benzene rings is 2. The average molecular weight is 391 g/mol. The lowest BCUT2D eigenvalue weighted by Gasteiger charge is -2.10. The molecule has 2 aromatic carbocycles.